The van der Waals surface area contributed by atoms with Crippen LogP contribution < -0.4 is 16.0 Å². The average molecular weight is 456 g/mol. The molecule has 0 saturated carbocycles. The van der Waals surface area contributed by atoms with Crippen LogP contribution in [0.15, 0.2) is 54.3 Å². The Bertz CT molecular complexity index is 1090. The zero-order valence-electron chi connectivity index (χ0n) is 18.5. The predicted octanol–water partition coefficient (Wildman–Crippen LogP) is 6.01. The van der Waals surface area contributed by atoms with Crippen LogP contribution in [0.3, 0.4) is 0 Å². The molecule has 0 amide bonds. The standard InChI is InChI=1S/C26H31Cl2N3/c1-5-19-10-12-20(13-11-19)14-15-29-18(4)17(3)16-24-23(6-2)30-26(31-24)25-21(27)8-7-9-22(25)28/h6-10,12-13,16-17,19,29H,4-5,11,14-15H2,1-3H3,(H,30,31)/b23-6+,24-16+. The van der Waals surface area contributed by atoms with Crippen LogP contribution in [-0.4, -0.2) is 16.5 Å². The Balaban J connectivity index is 1.68. The van der Waals surface area contributed by atoms with Crippen LogP contribution in [0.5, 0.6) is 0 Å². The first-order valence-corrected chi connectivity index (χ1v) is 11.7. The van der Waals surface area contributed by atoms with Crippen molar-refractivity contribution in [1.82, 2.24) is 15.3 Å². The first kappa shape index (κ1) is 23.4. The number of H-pyrrole nitrogens is 1. The molecular weight excluding hydrogens is 425 g/mol. The van der Waals surface area contributed by atoms with Gasteiger partial charge in [-0.15, -0.1) is 0 Å². The molecule has 1 aromatic heterocycles. The Morgan fingerprint density at radius 2 is 2.10 bits per heavy atom. The van der Waals surface area contributed by atoms with Gasteiger partial charge in [-0.2, -0.15) is 0 Å². The molecule has 0 spiro atoms. The summed E-state index contributed by atoms with van der Waals surface area (Å²) in [5, 5.41) is 6.44. The summed E-state index contributed by atoms with van der Waals surface area (Å²) in [5.41, 5.74) is 3.11. The summed E-state index contributed by atoms with van der Waals surface area (Å²) in [5.74, 6) is 1.50. The summed E-state index contributed by atoms with van der Waals surface area (Å²) in [4.78, 5) is 8.07. The van der Waals surface area contributed by atoms with E-state index in [0.717, 1.165) is 41.3 Å². The first-order chi connectivity index (χ1) is 14.9. The summed E-state index contributed by atoms with van der Waals surface area (Å²) in [6, 6.07) is 5.46. The Morgan fingerprint density at radius 1 is 1.35 bits per heavy atom. The molecule has 0 bridgehead atoms. The van der Waals surface area contributed by atoms with Gasteiger partial charge in [-0.05, 0) is 50.3 Å². The maximum Gasteiger partial charge on any atom is 0.141 e. The van der Waals surface area contributed by atoms with Crippen molar-refractivity contribution in [1.29, 1.82) is 0 Å². The monoisotopic (exact) mass is 455 g/mol. The Morgan fingerprint density at radius 3 is 2.71 bits per heavy atom. The highest BCUT2D eigenvalue weighted by Crippen LogP contribution is 2.31. The van der Waals surface area contributed by atoms with Crippen molar-refractivity contribution in [3.63, 3.8) is 0 Å². The Hall–Kier alpha value is -2.23. The van der Waals surface area contributed by atoms with Crippen molar-refractivity contribution in [2.45, 2.75) is 40.0 Å². The van der Waals surface area contributed by atoms with Gasteiger partial charge in [0.25, 0.3) is 0 Å². The van der Waals surface area contributed by atoms with E-state index < -0.39 is 0 Å². The molecule has 0 radical (unpaired) electrons. The number of rotatable bonds is 8. The molecule has 1 aliphatic carbocycles. The molecule has 1 aliphatic rings. The summed E-state index contributed by atoms with van der Waals surface area (Å²) < 4.78 is 0. The third-order valence-corrected chi connectivity index (χ3v) is 6.39. The van der Waals surface area contributed by atoms with Crippen LogP contribution >= 0.6 is 23.2 Å². The maximum absolute atomic E-state index is 6.36. The van der Waals surface area contributed by atoms with E-state index in [-0.39, 0.29) is 5.92 Å². The lowest BCUT2D eigenvalue weighted by molar-refractivity contribution is 0.624. The number of hydrogen-bond acceptors (Lipinski definition) is 2. The van der Waals surface area contributed by atoms with E-state index in [1.807, 2.05) is 31.2 Å². The van der Waals surface area contributed by atoms with Gasteiger partial charge in [0.2, 0.25) is 0 Å². The number of benzene rings is 1. The summed E-state index contributed by atoms with van der Waals surface area (Å²) in [6.07, 6.45) is 14.5. The van der Waals surface area contributed by atoms with Crippen molar-refractivity contribution in [2.24, 2.45) is 11.8 Å². The molecule has 0 saturated heterocycles. The lowest BCUT2D eigenvalue weighted by Crippen LogP contribution is -2.27. The lowest BCUT2D eigenvalue weighted by Gasteiger charge is -2.16. The average Bonchev–Trinajstić information content (AvgIpc) is 3.16. The van der Waals surface area contributed by atoms with Crippen molar-refractivity contribution >= 4 is 35.4 Å². The van der Waals surface area contributed by atoms with E-state index in [4.69, 9.17) is 28.2 Å². The summed E-state index contributed by atoms with van der Waals surface area (Å²) in [6.45, 7) is 11.5. The highest BCUT2D eigenvalue weighted by molar-refractivity contribution is 6.38. The molecule has 2 unspecified atom stereocenters. The highest BCUT2D eigenvalue weighted by atomic mass is 35.5. The third kappa shape index (κ3) is 5.93. The SMILES string of the molecule is C=C(NCCC1=CCC(CC)C=C1)C(C)/C=c1/[nH]c(-c2c(Cl)cccc2Cl)n/c1=C/C. The molecule has 2 N–H and O–H groups in total. The molecule has 2 aromatic rings. The molecule has 3 rings (SSSR count). The first-order valence-electron chi connectivity index (χ1n) is 10.9. The quantitative estimate of drug-likeness (QED) is 0.511. The zero-order valence-corrected chi connectivity index (χ0v) is 20.0. The molecule has 0 fully saturated rings. The van der Waals surface area contributed by atoms with Gasteiger partial charge in [0, 0.05) is 18.2 Å². The van der Waals surface area contributed by atoms with E-state index >= 15 is 0 Å². The minimum absolute atomic E-state index is 0.133. The fourth-order valence-electron chi connectivity index (χ4n) is 3.67. The lowest BCUT2D eigenvalue weighted by atomic mass is 9.93. The smallest absolute Gasteiger partial charge is 0.141 e. The van der Waals surface area contributed by atoms with Gasteiger partial charge in [-0.1, -0.05) is 79.6 Å². The highest BCUT2D eigenvalue weighted by Gasteiger charge is 2.12. The third-order valence-electron chi connectivity index (χ3n) is 5.76. The molecule has 1 heterocycles. The molecule has 5 heteroatoms. The molecule has 2 atom stereocenters. The van der Waals surface area contributed by atoms with Crippen LogP contribution in [-0.2, 0) is 0 Å². The second-order valence-electron chi connectivity index (χ2n) is 7.97. The Kier molecular flexibility index (Phi) is 8.22. The number of allylic oxidation sites excluding steroid dienone is 4. The van der Waals surface area contributed by atoms with Gasteiger partial charge in [0.15, 0.2) is 0 Å². The van der Waals surface area contributed by atoms with E-state index in [9.17, 15) is 0 Å². The molecule has 1 aromatic carbocycles. The normalized spacial score (nSPS) is 18.2. The number of aromatic amines is 1. The molecule has 164 valence electrons. The number of hydrogen-bond donors (Lipinski definition) is 2. The van der Waals surface area contributed by atoms with Crippen LogP contribution in [0.2, 0.25) is 10.0 Å². The van der Waals surface area contributed by atoms with E-state index in [1.54, 1.807) is 0 Å². The van der Waals surface area contributed by atoms with Gasteiger partial charge >= 0.3 is 0 Å². The van der Waals surface area contributed by atoms with Gasteiger partial charge < -0.3 is 10.3 Å². The van der Waals surface area contributed by atoms with Crippen molar-refractivity contribution in [3.05, 3.63) is 75.0 Å². The number of aromatic nitrogens is 2. The van der Waals surface area contributed by atoms with E-state index in [0.29, 0.717) is 21.8 Å². The Labute approximate surface area is 195 Å². The van der Waals surface area contributed by atoms with Crippen LogP contribution in [0, 0.1) is 11.8 Å². The van der Waals surface area contributed by atoms with Crippen molar-refractivity contribution < 1.29 is 0 Å². The molecule has 31 heavy (non-hydrogen) atoms. The van der Waals surface area contributed by atoms with Gasteiger partial charge in [0.05, 0.1) is 26.3 Å². The van der Waals surface area contributed by atoms with Crippen molar-refractivity contribution in [2.75, 3.05) is 6.54 Å². The van der Waals surface area contributed by atoms with Crippen LogP contribution in [0.4, 0.5) is 0 Å². The van der Waals surface area contributed by atoms with Crippen molar-refractivity contribution in [3.8, 4) is 11.4 Å². The zero-order chi connectivity index (χ0) is 22.4. The summed E-state index contributed by atoms with van der Waals surface area (Å²) in [7, 11) is 0. The number of imidazole rings is 1. The molecular formula is C26H31Cl2N3. The fourth-order valence-corrected chi connectivity index (χ4v) is 4.24. The van der Waals surface area contributed by atoms with E-state index in [1.165, 1.54) is 12.0 Å². The van der Waals surface area contributed by atoms with E-state index in [2.05, 4.69) is 55.0 Å². The van der Waals surface area contributed by atoms with Crippen LogP contribution in [0.25, 0.3) is 23.5 Å². The number of halogens is 2. The molecule has 0 aliphatic heterocycles. The van der Waals surface area contributed by atoms with Gasteiger partial charge in [-0.3, -0.25) is 0 Å². The van der Waals surface area contributed by atoms with Gasteiger partial charge in [-0.25, -0.2) is 4.98 Å². The number of nitrogens with zero attached hydrogens (tertiary/aromatic N) is 1. The maximum atomic E-state index is 6.36. The van der Waals surface area contributed by atoms with Crippen LogP contribution in [0.1, 0.15) is 40.0 Å². The minimum atomic E-state index is 0.133. The fraction of sp³-hybridized carbons (Fsp3) is 0.346. The predicted molar refractivity (Wildman–Crippen MR) is 134 cm³/mol. The molecule has 3 nitrogen and oxygen atoms in total. The number of nitrogens with one attached hydrogen (secondary N) is 2. The topological polar surface area (TPSA) is 40.7 Å². The summed E-state index contributed by atoms with van der Waals surface area (Å²) >= 11 is 12.7. The largest absolute Gasteiger partial charge is 0.388 e. The second-order valence-corrected chi connectivity index (χ2v) is 8.78. The van der Waals surface area contributed by atoms with Gasteiger partial charge in [0.1, 0.15) is 5.82 Å². The minimum Gasteiger partial charge on any atom is -0.388 e. The second kappa shape index (κ2) is 10.9.